The third kappa shape index (κ3) is 3.47. The number of pyridine rings is 1. The predicted octanol–water partition coefficient (Wildman–Crippen LogP) is 5.96. The maximum atomic E-state index is 13.1. The Labute approximate surface area is 182 Å². The van der Waals surface area contributed by atoms with Crippen LogP contribution in [0.15, 0.2) is 77.3 Å². The molecule has 0 saturated heterocycles. The summed E-state index contributed by atoms with van der Waals surface area (Å²) in [6.45, 7) is 0. The summed E-state index contributed by atoms with van der Waals surface area (Å²) in [5, 5.41) is 5.08. The van der Waals surface area contributed by atoms with Crippen LogP contribution in [0.5, 0.6) is 5.75 Å². The lowest BCUT2D eigenvalue weighted by atomic mass is 10.0. The number of aromatic nitrogens is 2. The predicted molar refractivity (Wildman–Crippen MR) is 121 cm³/mol. The number of nitrogens with zero attached hydrogens (tertiary/aromatic N) is 2. The number of benzene rings is 3. The summed E-state index contributed by atoms with van der Waals surface area (Å²) in [5.41, 5.74) is 2.61. The molecular formula is C24H16ClN3O3. The number of carbonyl (C=O) groups excluding carboxylic acids is 1. The average Bonchev–Trinajstić information content (AvgIpc) is 3.23. The van der Waals surface area contributed by atoms with Crippen molar-refractivity contribution in [1.29, 1.82) is 0 Å². The number of hydrogen-bond donors (Lipinski definition) is 1. The van der Waals surface area contributed by atoms with E-state index in [9.17, 15) is 4.79 Å². The van der Waals surface area contributed by atoms with Crippen molar-refractivity contribution in [2.75, 3.05) is 12.4 Å². The highest BCUT2D eigenvalue weighted by Gasteiger charge is 2.18. The number of carbonyl (C=O) groups is 1. The van der Waals surface area contributed by atoms with Crippen LogP contribution in [0.1, 0.15) is 10.4 Å². The number of methoxy groups -OCH3 is 1. The quantitative estimate of drug-likeness (QED) is 0.381. The van der Waals surface area contributed by atoms with Gasteiger partial charge in [0.1, 0.15) is 0 Å². The molecule has 5 aromatic rings. The zero-order valence-corrected chi connectivity index (χ0v) is 17.2. The van der Waals surface area contributed by atoms with Crippen molar-refractivity contribution in [3.8, 4) is 17.2 Å². The maximum Gasteiger partial charge on any atom is 0.256 e. The van der Waals surface area contributed by atoms with Gasteiger partial charge in [0.2, 0.25) is 5.89 Å². The molecule has 0 aliphatic heterocycles. The molecule has 0 unspecified atom stereocenters. The van der Waals surface area contributed by atoms with Crippen LogP contribution < -0.4 is 10.1 Å². The van der Waals surface area contributed by atoms with Gasteiger partial charge in [0.15, 0.2) is 17.0 Å². The lowest BCUT2D eigenvalue weighted by Crippen LogP contribution is -2.13. The maximum absolute atomic E-state index is 13.1. The third-order valence-corrected chi connectivity index (χ3v) is 5.22. The monoisotopic (exact) mass is 429 g/mol. The molecule has 1 N–H and O–H groups in total. The highest BCUT2D eigenvalue weighted by atomic mass is 35.5. The van der Waals surface area contributed by atoms with Gasteiger partial charge in [-0.2, -0.15) is 4.98 Å². The molecule has 0 aliphatic carbocycles. The minimum absolute atomic E-state index is 0.275. The molecule has 31 heavy (non-hydrogen) atoms. The van der Waals surface area contributed by atoms with Crippen LogP contribution in [-0.4, -0.2) is 23.0 Å². The zero-order chi connectivity index (χ0) is 21.4. The minimum Gasteiger partial charge on any atom is -0.493 e. The Bertz CT molecular complexity index is 1410. The van der Waals surface area contributed by atoms with Crippen molar-refractivity contribution in [2.24, 2.45) is 0 Å². The van der Waals surface area contributed by atoms with Crippen molar-refractivity contribution < 1.29 is 13.9 Å². The van der Waals surface area contributed by atoms with E-state index in [-0.39, 0.29) is 5.91 Å². The van der Waals surface area contributed by atoms with Gasteiger partial charge < -0.3 is 14.5 Å². The smallest absolute Gasteiger partial charge is 0.256 e. The lowest BCUT2D eigenvalue weighted by molar-refractivity contribution is 0.102. The van der Waals surface area contributed by atoms with Crippen molar-refractivity contribution >= 4 is 45.2 Å². The third-order valence-electron chi connectivity index (χ3n) is 4.94. The summed E-state index contributed by atoms with van der Waals surface area (Å²) in [7, 11) is 1.50. The number of amides is 1. The van der Waals surface area contributed by atoms with Gasteiger partial charge in [0.05, 0.1) is 17.8 Å². The van der Waals surface area contributed by atoms with Crippen LogP contribution in [0.4, 0.5) is 5.69 Å². The SMILES string of the molecule is COc1c(Cl)cc(-c2nc3ncccc3o2)cc1NC(=O)c1cccc2ccccc12. The molecule has 7 heteroatoms. The van der Waals surface area contributed by atoms with E-state index in [1.165, 1.54) is 7.11 Å². The Hall–Kier alpha value is -3.90. The number of hydrogen-bond acceptors (Lipinski definition) is 5. The van der Waals surface area contributed by atoms with Crippen LogP contribution in [0.25, 0.3) is 33.5 Å². The Morgan fingerprint density at radius 1 is 1.06 bits per heavy atom. The minimum atomic E-state index is -0.275. The molecule has 0 aliphatic rings. The first kappa shape index (κ1) is 19.1. The van der Waals surface area contributed by atoms with Crippen LogP contribution in [0, 0.1) is 0 Å². The van der Waals surface area contributed by atoms with Crippen molar-refractivity contribution in [3.63, 3.8) is 0 Å². The summed E-state index contributed by atoms with van der Waals surface area (Å²) in [6.07, 6.45) is 1.64. The van der Waals surface area contributed by atoms with Crippen molar-refractivity contribution in [2.45, 2.75) is 0 Å². The Morgan fingerprint density at radius 3 is 2.74 bits per heavy atom. The fraction of sp³-hybridized carbons (Fsp3) is 0.0417. The molecular weight excluding hydrogens is 414 g/mol. The first-order chi connectivity index (χ1) is 15.1. The van der Waals surface area contributed by atoms with Gasteiger partial charge in [-0.05, 0) is 41.1 Å². The van der Waals surface area contributed by atoms with Crippen LogP contribution in [-0.2, 0) is 0 Å². The van der Waals surface area contributed by atoms with E-state index in [2.05, 4.69) is 15.3 Å². The summed E-state index contributed by atoms with van der Waals surface area (Å²) >= 11 is 6.45. The molecule has 2 heterocycles. The van der Waals surface area contributed by atoms with E-state index in [1.807, 2.05) is 36.4 Å². The molecule has 3 aromatic carbocycles. The molecule has 1 amide bonds. The van der Waals surface area contributed by atoms with Crippen LogP contribution >= 0.6 is 11.6 Å². The molecule has 152 valence electrons. The van der Waals surface area contributed by atoms with E-state index in [0.717, 1.165) is 10.8 Å². The van der Waals surface area contributed by atoms with Gasteiger partial charge in [-0.15, -0.1) is 0 Å². The zero-order valence-electron chi connectivity index (χ0n) is 16.4. The van der Waals surface area contributed by atoms with Gasteiger partial charge in [-0.3, -0.25) is 4.79 Å². The summed E-state index contributed by atoms with van der Waals surface area (Å²) in [4.78, 5) is 21.7. The molecule has 0 fully saturated rings. The van der Waals surface area contributed by atoms with Crippen LogP contribution in [0.3, 0.4) is 0 Å². The number of halogens is 1. The van der Waals surface area contributed by atoms with E-state index in [1.54, 1.807) is 36.5 Å². The topological polar surface area (TPSA) is 77.2 Å². The first-order valence-electron chi connectivity index (χ1n) is 9.52. The second-order valence-corrected chi connectivity index (χ2v) is 7.27. The second kappa shape index (κ2) is 7.74. The molecule has 0 saturated carbocycles. The number of nitrogens with one attached hydrogen (secondary N) is 1. The van der Waals surface area contributed by atoms with E-state index < -0.39 is 0 Å². The Morgan fingerprint density at radius 2 is 1.90 bits per heavy atom. The molecule has 5 rings (SSSR count). The summed E-state index contributed by atoms with van der Waals surface area (Å²) < 4.78 is 11.2. The number of fused-ring (bicyclic) bond motifs is 2. The van der Waals surface area contributed by atoms with Crippen molar-refractivity contribution in [1.82, 2.24) is 9.97 Å². The van der Waals surface area contributed by atoms with Gasteiger partial charge in [-0.1, -0.05) is 48.0 Å². The second-order valence-electron chi connectivity index (χ2n) is 6.86. The summed E-state index contributed by atoms with van der Waals surface area (Å²) in [6, 6.07) is 20.3. The fourth-order valence-electron chi connectivity index (χ4n) is 3.52. The number of ether oxygens (including phenoxy) is 1. The largest absolute Gasteiger partial charge is 0.493 e. The molecule has 0 bridgehead atoms. The number of anilines is 1. The van der Waals surface area contributed by atoms with Gasteiger partial charge >= 0.3 is 0 Å². The summed E-state index contributed by atoms with van der Waals surface area (Å²) in [5.74, 6) is 0.426. The normalized spacial score (nSPS) is 11.0. The highest BCUT2D eigenvalue weighted by molar-refractivity contribution is 6.33. The number of oxazole rings is 1. The molecule has 2 aromatic heterocycles. The van der Waals surface area contributed by atoms with E-state index in [0.29, 0.717) is 44.7 Å². The average molecular weight is 430 g/mol. The Kier molecular flexibility index (Phi) is 4.76. The Balaban J connectivity index is 1.57. The van der Waals surface area contributed by atoms with E-state index in [4.69, 9.17) is 20.8 Å². The fourth-order valence-corrected chi connectivity index (χ4v) is 3.82. The first-order valence-corrected chi connectivity index (χ1v) is 9.90. The van der Waals surface area contributed by atoms with Gasteiger partial charge in [0.25, 0.3) is 5.91 Å². The molecule has 0 radical (unpaired) electrons. The lowest BCUT2D eigenvalue weighted by Gasteiger charge is -2.14. The van der Waals surface area contributed by atoms with Crippen molar-refractivity contribution in [3.05, 3.63) is 83.5 Å². The standard InChI is InChI=1S/C24H16ClN3O3/c1-30-21-18(25)12-15(24-28-22-20(31-24)10-5-11-26-22)13-19(21)27-23(29)17-9-4-7-14-6-2-3-8-16(14)17/h2-13H,1H3,(H,27,29). The highest BCUT2D eigenvalue weighted by Crippen LogP contribution is 2.38. The van der Waals surface area contributed by atoms with Crippen LogP contribution in [0.2, 0.25) is 5.02 Å². The number of rotatable bonds is 4. The van der Waals surface area contributed by atoms with Gasteiger partial charge in [-0.25, -0.2) is 4.98 Å². The van der Waals surface area contributed by atoms with Gasteiger partial charge in [0, 0.05) is 17.3 Å². The molecule has 0 atom stereocenters. The van der Waals surface area contributed by atoms with E-state index >= 15 is 0 Å². The molecule has 6 nitrogen and oxygen atoms in total. The molecule has 0 spiro atoms.